The van der Waals surface area contributed by atoms with Crippen molar-refractivity contribution in [3.8, 4) is 0 Å². The molecule has 0 radical (unpaired) electrons. The summed E-state index contributed by atoms with van der Waals surface area (Å²) in [5, 5.41) is 8.73. The lowest BCUT2D eigenvalue weighted by Crippen LogP contribution is -2.05. The van der Waals surface area contributed by atoms with Crippen LogP contribution in [0.3, 0.4) is 0 Å². The number of hydrogen-bond acceptors (Lipinski definition) is 4. The summed E-state index contributed by atoms with van der Waals surface area (Å²) < 4.78 is 35.1. The zero-order chi connectivity index (χ0) is 13.1. The van der Waals surface area contributed by atoms with Crippen LogP contribution in [-0.4, -0.2) is 37.3 Å². The molecule has 1 rings (SSSR count). The van der Waals surface area contributed by atoms with E-state index >= 15 is 0 Å². The summed E-state index contributed by atoms with van der Waals surface area (Å²) in [6.07, 6.45) is 1.09. The molecule has 94 valence electrons. The van der Waals surface area contributed by atoms with Crippen LogP contribution >= 0.6 is 11.8 Å². The summed E-state index contributed by atoms with van der Waals surface area (Å²) in [5.41, 5.74) is -0.0201. The molecule has 0 unspecified atom stereocenters. The minimum atomic E-state index is -3.09. The molecule has 17 heavy (non-hydrogen) atoms. The Bertz CT molecular complexity index is 525. The largest absolute Gasteiger partial charge is 0.478 e. The van der Waals surface area contributed by atoms with Crippen molar-refractivity contribution >= 4 is 27.6 Å². The first-order chi connectivity index (χ1) is 7.79. The van der Waals surface area contributed by atoms with Gasteiger partial charge in [-0.3, -0.25) is 0 Å². The monoisotopic (exact) mass is 278 g/mol. The normalized spacial score (nSPS) is 11.4. The molecular weight excluding hydrogens is 267 g/mol. The molecule has 0 fully saturated rings. The Kier molecular flexibility index (Phi) is 4.53. The molecule has 0 bridgehead atoms. The number of benzene rings is 1. The van der Waals surface area contributed by atoms with Crippen LogP contribution in [0.2, 0.25) is 0 Å². The maximum absolute atomic E-state index is 13.3. The van der Waals surface area contributed by atoms with Gasteiger partial charge in [0, 0.05) is 16.9 Å². The van der Waals surface area contributed by atoms with Crippen LogP contribution in [0.4, 0.5) is 4.39 Å². The second-order valence-electron chi connectivity index (χ2n) is 3.43. The van der Waals surface area contributed by atoms with E-state index in [1.165, 1.54) is 6.07 Å². The Balaban J connectivity index is 2.76. The Morgan fingerprint density at radius 1 is 1.47 bits per heavy atom. The molecule has 0 aliphatic carbocycles. The van der Waals surface area contributed by atoms with Gasteiger partial charge in [0.1, 0.15) is 15.7 Å². The van der Waals surface area contributed by atoms with Crippen LogP contribution in [0.25, 0.3) is 0 Å². The SMILES string of the molecule is CS(=O)(=O)CCSc1cc(C(=O)O)ccc1F. The minimum absolute atomic E-state index is 0.0201. The highest BCUT2D eigenvalue weighted by Gasteiger charge is 2.10. The quantitative estimate of drug-likeness (QED) is 0.829. The maximum atomic E-state index is 13.3. The number of rotatable bonds is 5. The molecule has 0 aliphatic rings. The average Bonchev–Trinajstić information content (AvgIpc) is 2.18. The van der Waals surface area contributed by atoms with Crippen molar-refractivity contribution in [2.24, 2.45) is 0 Å². The van der Waals surface area contributed by atoms with Crippen LogP contribution in [0.5, 0.6) is 0 Å². The fraction of sp³-hybridized carbons (Fsp3) is 0.300. The third-order valence-corrected chi connectivity index (χ3v) is 4.13. The maximum Gasteiger partial charge on any atom is 0.335 e. The molecule has 4 nitrogen and oxygen atoms in total. The first-order valence-electron chi connectivity index (χ1n) is 4.63. The van der Waals surface area contributed by atoms with Crippen molar-refractivity contribution in [3.05, 3.63) is 29.6 Å². The lowest BCUT2D eigenvalue weighted by molar-refractivity contribution is 0.0696. The first-order valence-corrected chi connectivity index (χ1v) is 7.67. The van der Waals surface area contributed by atoms with Gasteiger partial charge < -0.3 is 5.11 Å². The smallest absolute Gasteiger partial charge is 0.335 e. The molecule has 7 heteroatoms. The molecule has 0 saturated carbocycles. The van der Waals surface area contributed by atoms with E-state index in [2.05, 4.69) is 0 Å². The van der Waals surface area contributed by atoms with Gasteiger partial charge in [0.25, 0.3) is 0 Å². The van der Waals surface area contributed by atoms with E-state index in [0.717, 1.165) is 30.2 Å². The average molecular weight is 278 g/mol. The van der Waals surface area contributed by atoms with Gasteiger partial charge in [0.2, 0.25) is 0 Å². The van der Waals surface area contributed by atoms with Crippen LogP contribution in [-0.2, 0) is 9.84 Å². The second-order valence-corrected chi connectivity index (χ2v) is 6.83. The molecule has 1 N–H and O–H groups in total. The van der Waals surface area contributed by atoms with E-state index in [-0.39, 0.29) is 22.0 Å². The van der Waals surface area contributed by atoms with Gasteiger partial charge in [-0.05, 0) is 18.2 Å². The second kappa shape index (κ2) is 5.50. The van der Waals surface area contributed by atoms with Crippen molar-refractivity contribution in [2.75, 3.05) is 17.8 Å². The van der Waals surface area contributed by atoms with Crippen molar-refractivity contribution < 1.29 is 22.7 Å². The minimum Gasteiger partial charge on any atom is -0.478 e. The fourth-order valence-electron chi connectivity index (χ4n) is 1.05. The predicted octanol–water partition coefficient (Wildman–Crippen LogP) is 1.66. The Hall–Kier alpha value is -1.08. The van der Waals surface area contributed by atoms with Gasteiger partial charge in [0.15, 0.2) is 0 Å². The first kappa shape index (κ1) is 14.0. The molecule has 0 atom stereocenters. The van der Waals surface area contributed by atoms with Gasteiger partial charge in [0.05, 0.1) is 11.3 Å². The molecule has 0 heterocycles. The highest BCUT2D eigenvalue weighted by atomic mass is 32.2. The number of carbonyl (C=O) groups is 1. The fourth-order valence-corrected chi connectivity index (χ4v) is 3.23. The van der Waals surface area contributed by atoms with Gasteiger partial charge in [-0.25, -0.2) is 17.6 Å². The predicted molar refractivity (Wildman–Crippen MR) is 63.8 cm³/mol. The number of sulfone groups is 1. The Morgan fingerprint density at radius 2 is 2.12 bits per heavy atom. The lowest BCUT2D eigenvalue weighted by atomic mass is 10.2. The van der Waals surface area contributed by atoms with Gasteiger partial charge in [-0.2, -0.15) is 0 Å². The third-order valence-electron chi connectivity index (χ3n) is 1.89. The molecule has 1 aromatic rings. The van der Waals surface area contributed by atoms with E-state index in [9.17, 15) is 17.6 Å². The van der Waals surface area contributed by atoms with Crippen molar-refractivity contribution in [3.63, 3.8) is 0 Å². The molecule has 0 saturated heterocycles. The number of halogens is 1. The van der Waals surface area contributed by atoms with Gasteiger partial charge >= 0.3 is 5.97 Å². The molecule has 1 aromatic carbocycles. The molecule has 0 amide bonds. The van der Waals surface area contributed by atoms with Crippen LogP contribution < -0.4 is 0 Å². The standard InChI is InChI=1S/C10H11FO4S2/c1-17(14,15)5-4-16-9-6-7(10(12)13)2-3-8(9)11/h2-3,6H,4-5H2,1H3,(H,12,13). The number of carboxylic acid groups (broad SMARTS) is 1. The number of carboxylic acids is 1. The van der Waals surface area contributed by atoms with Crippen LogP contribution in [0.1, 0.15) is 10.4 Å². The summed E-state index contributed by atoms with van der Waals surface area (Å²) >= 11 is 0.988. The Morgan fingerprint density at radius 3 is 2.65 bits per heavy atom. The highest BCUT2D eigenvalue weighted by molar-refractivity contribution is 8.00. The molecule has 0 aliphatic heterocycles. The molecular formula is C10H11FO4S2. The zero-order valence-electron chi connectivity index (χ0n) is 9.01. The number of thioether (sulfide) groups is 1. The van der Waals surface area contributed by atoms with Crippen molar-refractivity contribution in [1.29, 1.82) is 0 Å². The molecule has 0 spiro atoms. The molecule has 0 aromatic heterocycles. The summed E-state index contributed by atoms with van der Waals surface area (Å²) in [6.45, 7) is 0. The zero-order valence-corrected chi connectivity index (χ0v) is 10.6. The van der Waals surface area contributed by atoms with Crippen LogP contribution in [0.15, 0.2) is 23.1 Å². The van der Waals surface area contributed by atoms with E-state index < -0.39 is 21.6 Å². The van der Waals surface area contributed by atoms with Gasteiger partial charge in [-0.1, -0.05) is 0 Å². The van der Waals surface area contributed by atoms with E-state index in [0.29, 0.717) is 0 Å². The summed E-state index contributed by atoms with van der Waals surface area (Å²) in [5.74, 6) is -1.57. The Labute approximate surface area is 103 Å². The number of hydrogen-bond donors (Lipinski definition) is 1. The van der Waals surface area contributed by atoms with Crippen LogP contribution in [0, 0.1) is 5.82 Å². The van der Waals surface area contributed by atoms with E-state index in [1.807, 2.05) is 0 Å². The van der Waals surface area contributed by atoms with E-state index in [1.54, 1.807) is 0 Å². The highest BCUT2D eigenvalue weighted by Crippen LogP contribution is 2.23. The van der Waals surface area contributed by atoms with Gasteiger partial charge in [-0.15, -0.1) is 11.8 Å². The van der Waals surface area contributed by atoms with E-state index in [4.69, 9.17) is 5.11 Å². The number of aromatic carboxylic acids is 1. The summed E-state index contributed by atoms with van der Waals surface area (Å²) in [7, 11) is -3.09. The summed E-state index contributed by atoms with van der Waals surface area (Å²) in [4.78, 5) is 10.8. The van der Waals surface area contributed by atoms with Crippen molar-refractivity contribution in [1.82, 2.24) is 0 Å². The lowest BCUT2D eigenvalue weighted by Gasteiger charge is -2.03. The van der Waals surface area contributed by atoms with Crippen molar-refractivity contribution in [2.45, 2.75) is 4.90 Å². The summed E-state index contributed by atoms with van der Waals surface area (Å²) in [6, 6.07) is 3.43. The third kappa shape index (κ3) is 4.74. The topological polar surface area (TPSA) is 71.4 Å².